The van der Waals surface area contributed by atoms with Crippen LogP contribution in [0.4, 0.5) is 0 Å². The van der Waals surface area contributed by atoms with Crippen molar-refractivity contribution in [3.63, 3.8) is 0 Å². The molecule has 0 saturated carbocycles. The number of rotatable bonds is 12. The van der Waals surface area contributed by atoms with Gasteiger partial charge in [-0.05, 0) is 19.3 Å². The Bertz CT molecular complexity index is 514. The molecule has 6 heteroatoms. The van der Waals surface area contributed by atoms with Gasteiger partial charge in [-0.1, -0.05) is 54.7 Å². The molecule has 0 spiro atoms. The summed E-state index contributed by atoms with van der Waals surface area (Å²) < 4.78 is 0. The van der Waals surface area contributed by atoms with E-state index in [2.05, 4.69) is 0 Å². The van der Waals surface area contributed by atoms with Gasteiger partial charge in [-0.3, -0.25) is 4.79 Å². The smallest absolute Gasteiger partial charge is 0.328 e. The van der Waals surface area contributed by atoms with Crippen LogP contribution in [0.1, 0.15) is 25.7 Å². The van der Waals surface area contributed by atoms with Gasteiger partial charge < -0.3 is 20.4 Å². The first kappa shape index (κ1) is 21.6. The molecule has 0 aliphatic rings. The maximum atomic E-state index is 10.3. The number of carboxylic acids is 2. The highest BCUT2D eigenvalue weighted by atomic mass is 16.4. The molecular weight excluding hydrogens is 312 g/mol. The molecule has 0 aromatic rings. The highest BCUT2D eigenvalue weighted by Crippen LogP contribution is 2.02. The van der Waals surface area contributed by atoms with Crippen molar-refractivity contribution in [2.24, 2.45) is 0 Å². The molecule has 2 atom stereocenters. The molecule has 0 amide bonds. The molecular formula is C18H24O6. The fraction of sp³-hybridized carbons (Fsp3) is 0.333. The van der Waals surface area contributed by atoms with Crippen LogP contribution in [-0.4, -0.2) is 44.6 Å². The molecule has 4 N–H and O–H groups in total. The van der Waals surface area contributed by atoms with Gasteiger partial charge in [-0.2, -0.15) is 0 Å². The fourth-order valence-electron chi connectivity index (χ4n) is 1.58. The lowest BCUT2D eigenvalue weighted by Crippen LogP contribution is -2.03. The van der Waals surface area contributed by atoms with Gasteiger partial charge in [0.1, 0.15) is 0 Å². The number of aliphatic hydroxyl groups is 2. The number of aliphatic hydroxyl groups excluding tert-OH is 2. The summed E-state index contributed by atoms with van der Waals surface area (Å²) in [5.74, 6) is -1.90. The number of aliphatic carboxylic acids is 2. The third kappa shape index (κ3) is 15.9. The van der Waals surface area contributed by atoms with Crippen molar-refractivity contribution in [1.29, 1.82) is 0 Å². The van der Waals surface area contributed by atoms with E-state index < -0.39 is 24.1 Å². The maximum absolute atomic E-state index is 10.3. The predicted octanol–water partition coefficient (Wildman–Crippen LogP) is 2.22. The highest BCUT2D eigenvalue weighted by molar-refractivity contribution is 5.80. The van der Waals surface area contributed by atoms with Crippen LogP contribution < -0.4 is 0 Å². The standard InChI is InChI=1S/C18H24O6/c19-15(11-6-3-7-13-17(21)22)9-4-1-2-5-10-16(20)12-8-14-18(23)24/h1-7,9-10,13,15-16,19-20H,8,11-12,14H2,(H,21,22)(H,23,24)/b2-1+,6-3-,9-4+,10-5-,13-7+. The van der Waals surface area contributed by atoms with Gasteiger partial charge in [0.2, 0.25) is 0 Å². The molecule has 0 radical (unpaired) electrons. The van der Waals surface area contributed by atoms with Gasteiger partial charge in [0.25, 0.3) is 0 Å². The van der Waals surface area contributed by atoms with E-state index in [4.69, 9.17) is 10.2 Å². The number of carbonyl (C=O) groups is 2. The lowest BCUT2D eigenvalue weighted by molar-refractivity contribution is -0.137. The lowest BCUT2D eigenvalue weighted by atomic mass is 10.1. The van der Waals surface area contributed by atoms with Crippen LogP contribution in [0.5, 0.6) is 0 Å². The van der Waals surface area contributed by atoms with Gasteiger partial charge in [-0.25, -0.2) is 4.79 Å². The Hall–Kier alpha value is -2.44. The second-order valence-corrected chi connectivity index (χ2v) is 4.94. The van der Waals surface area contributed by atoms with Crippen LogP contribution in [-0.2, 0) is 9.59 Å². The monoisotopic (exact) mass is 336 g/mol. The van der Waals surface area contributed by atoms with Crippen molar-refractivity contribution >= 4 is 11.9 Å². The lowest BCUT2D eigenvalue weighted by Gasteiger charge is -2.02. The normalized spacial score (nSPS) is 15.2. The topological polar surface area (TPSA) is 115 Å². The van der Waals surface area contributed by atoms with Crippen molar-refractivity contribution in [2.75, 3.05) is 0 Å². The first-order chi connectivity index (χ1) is 11.4. The quantitative estimate of drug-likeness (QED) is 0.321. The predicted molar refractivity (Wildman–Crippen MR) is 91.5 cm³/mol. The molecule has 0 aliphatic heterocycles. The molecule has 132 valence electrons. The summed E-state index contributed by atoms with van der Waals surface area (Å²) in [5, 5.41) is 36.0. The Morgan fingerprint density at radius 2 is 1.46 bits per heavy atom. The third-order valence-corrected chi connectivity index (χ3v) is 2.75. The van der Waals surface area contributed by atoms with Gasteiger partial charge in [-0.15, -0.1) is 0 Å². The second-order valence-electron chi connectivity index (χ2n) is 4.94. The van der Waals surface area contributed by atoms with E-state index >= 15 is 0 Å². The number of hydrogen-bond donors (Lipinski definition) is 4. The minimum atomic E-state index is -1.02. The number of carboxylic acid groups (broad SMARTS) is 2. The summed E-state index contributed by atoms with van der Waals surface area (Å²) in [6, 6.07) is 0. The van der Waals surface area contributed by atoms with Gasteiger partial charge in [0, 0.05) is 12.5 Å². The van der Waals surface area contributed by atoms with E-state index in [9.17, 15) is 19.8 Å². The van der Waals surface area contributed by atoms with Crippen molar-refractivity contribution < 1.29 is 30.0 Å². The zero-order chi connectivity index (χ0) is 18.2. The van der Waals surface area contributed by atoms with Crippen LogP contribution in [0, 0.1) is 0 Å². The number of hydrogen-bond acceptors (Lipinski definition) is 4. The fourth-order valence-corrected chi connectivity index (χ4v) is 1.58. The summed E-state index contributed by atoms with van der Waals surface area (Å²) in [7, 11) is 0. The minimum absolute atomic E-state index is 0.0436. The average Bonchev–Trinajstić information content (AvgIpc) is 2.49. The largest absolute Gasteiger partial charge is 0.481 e. The summed E-state index contributed by atoms with van der Waals surface area (Å²) >= 11 is 0. The summed E-state index contributed by atoms with van der Waals surface area (Å²) in [6.45, 7) is 0. The molecule has 0 bridgehead atoms. The first-order valence-corrected chi connectivity index (χ1v) is 7.57. The van der Waals surface area contributed by atoms with E-state index in [1.165, 1.54) is 6.08 Å². The Balaban J connectivity index is 3.95. The summed E-state index contributed by atoms with van der Waals surface area (Å²) in [6.07, 6.45) is 15.3. The van der Waals surface area contributed by atoms with Crippen LogP contribution in [0.3, 0.4) is 0 Å². The van der Waals surface area contributed by atoms with E-state index in [1.54, 1.807) is 48.6 Å². The molecule has 0 fully saturated rings. The molecule has 2 unspecified atom stereocenters. The molecule has 24 heavy (non-hydrogen) atoms. The van der Waals surface area contributed by atoms with E-state index in [-0.39, 0.29) is 6.42 Å². The van der Waals surface area contributed by atoms with Crippen molar-refractivity contribution in [2.45, 2.75) is 37.9 Å². The Labute approximate surface area is 141 Å². The second kappa shape index (κ2) is 14.2. The van der Waals surface area contributed by atoms with Crippen LogP contribution in [0.25, 0.3) is 0 Å². The molecule has 0 heterocycles. The Kier molecular flexibility index (Phi) is 12.7. The van der Waals surface area contributed by atoms with Gasteiger partial charge >= 0.3 is 11.9 Å². The molecule has 0 aromatic carbocycles. The van der Waals surface area contributed by atoms with Gasteiger partial charge in [0.05, 0.1) is 12.2 Å². The zero-order valence-electron chi connectivity index (χ0n) is 13.4. The third-order valence-electron chi connectivity index (χ3n) is 2.75. The first-order valence-electron chi connectivity index (χ1n) is 7.57. The van der Waals surface area contributed by atoms with Crippen molar-refractivity contribution in [3.05, 3.63) is 60.8 Å². The van der Waals surface area contributed by atoms with E-state index in [0.29, 0.717) is 19.3 Å². The van der Waals surface area contributed by atoms with E-state index in [1.807, 2.05) is 0 Å². The van der Waals surface area contributed by atoms with E-state index in [0.717, 1.165) is 6.08 Å². The molecule has 0 aromatic heterocycles. The molecule has 6 nitrogen and oxygen atoms in total. The average molecular weight is 336 g/mol. The number of allylic oxidation sites excluding steroid dienone is 6. The van der Waals surface area contributed by atoms with Crippen LogP contribution >= 0.6 is 0 Å². The summed E-state index contributed by atoms with van der Waals surface area (Å²) in [5.41, 5.74) is 0. The molecule has 0 rings (SSSR count). The van der Waals surface area contributed by atoms with Crippen molar-refractivity contribution in [3.8, 4) is 0 Å². The molecule has 0 aliphatic carbocycles. The van der Waals surface area contributed by atoms with Crippen molar-refractivity contribution in [1.82, 2.24) is 0 Å². The highest BCUT2D eigenvalue weighted by Gasteiger charge is 2.01. The Morgan fingerprint density at radius 3 is 2.04 bits per heavy atom. The van der Waals surface area contributed by atoms with Crippen LogP contribution in [0.15, 0.2) is 60.8 Å². The Morgan fingerprint density at radius 1 is 0.833 bits per heavy atom. The maximum Gasteiger partial charge on any atom is 0.328 e. The zero-order valence-corrected chi connectivity index (χ0v) is 13.4. The van der Waals surface area contributed by atoms with Crippen LogP contribution in [0.2, 0.25) is 0 Å². The van der Waals surface area contributed by atoms with Gasteiger partial charge in [0.15, 0.2) is 0 Å². The molecule has 0 saturated heterocycles. The minimum Gasteiger partial charge on any atom is -0.481 e. The summed E-state index contributed by atoms with van der Waals surface area (Å²) in [4.78, 5) is 20.5. The SMILES string of the molecule is O=C(O)/C=C/C=C\CC(O)/C=C/C=C/C=C\C(O)CCCC(=O)O.